The molecule has 0 aliphatic carbocycles. The van der Waals surface area contributed by atoms with E-state index in [2.05, 4.69) is 4.99 Å². The molecule has 1 heterocycles. The fourth-order valence-electron chi connectivity index (χ4n) is 2.98. The van der Waals surface area contributed by atoms with E-state index in [1.165, 1.54) is 0 Å². The fourth-order valence-corrected chi connectivity index (χ4v) is 3.49. The van der Waals surface area contributed by atoms with Crippen LogP contribution < -0.4 is 4.74 Å². The van der Waals surface area contributed by atoms with Crippen LogP contribution in [-0.2, 0) is 16.1 Å². The molecule has 0 radical (unpaired) electrons. The van der Waals surface area contributed by atoms with Crippen LogP contribution in [0.25, 0.3) is 6.08 Å². The van der Waals surface area contributed by atoms with E-state index in [9.17, 15) is 4.79 Å². The lowest BCUT2D eigenvalue weighted by Gasteiger charge is -2.09. The quantitative estimate of drug-likeness (QED) is 0.351. The van der Waals surface area contributed by atoms with Crippen LogP contribution in [0.2, 0.25) is 10.0 Å². The van der Waals surface area contributed by atoms with Gasteiger partial charge in [-0.25, -0.2) is 9.79 Å². The average molecular weight is 438 g/mol. The predicted molar refractivity (Wildman–Crippen MR) is 119 cm³/mol. The van der Waals surface area contributed by atoms with E-state index in [4.69, 9.17) is 32.7 Å². The molecule has 150 valence electrons. The molecule has 0 saturated carbocycles. The smallest absolute Gasteiger partial charge is 0.363 e. The van der Waals surface area contributed by atoms with Crippen molar-refractivity contribution in [1.82, 2.24) is 0 Å². The van der Waals surface area contributed by atoms with E-state index in [1.807, 2.05) is 55.5 Å². The maximum Gasteiger partial charge on any atom is 0.363 e. The highest BCUT2D eigenvalue weighted by atomic mass is 35.5. The highest BCUT2D eigenvalue weighted by Gasteiger charge is 2.24. The highest BCUT2D eigenvalue weighted by Crippen LogP contribution is 2.26. The van der Waals surface area contributed by atoms with E-state index < -0.39 is 5.97 Å². The molecule has 0 N–H and O–H groups in total. The number of benzene rings is 3. The van der Waals surface area contributed by atoms with Crippen LogP contribution in [0.1, 0.15) is 22.3 Å². The van der Waals surface area contributed by atoms with Crippen molar-refractivity contribution < 1.29 is 14.3 Å². The maximum atomic E-state index is 12.2. The third-order valence-corrected chi connectivity index (χ3v) is 5.33. The number of aryl methyl sites for hydroxylation is 1. The van der Waals surface area contributed by atoms with Crippen molar-refractivity contribution in [2.45, 2.75) is 13.5 Å². The zero-order valence-electron chi connectivity index (χ0n) is 16.1. The van der Waals surface area contributed by atoms with Gasteiger partial charge in [0.05, 0.1) is 0 Å². The number of carbonyl (C=O) groups is 1. The number of hydrogen-bond acceptors (Lipinski definition) is 4. The second-order valence-electron chi connectivity index (χ2n) is 6.71. The largest absolute Gasteiger partial charge is 0.489 e. The van der Waals surface area contributed by atoms with Crippen molar-refractivity contribution in [2.24, 2.45) is 4.99 Å². The Morgan fingerprint density at radius 3 is 2.37 bits per heavy atom. The summed E-state index contributed by atoms with van der Waals surface area (Å²) >= 11 is 12.3. The third kappa shape index (κ3) is 4.40. The minimum absolute atomic E-state index is 0.254. The molecule has 0 unspecified atom stereocenters. The first-order valence-electron chi connectivity index (χ1n) is 9.25. The first-order chi connectivity index (χ1) is 14.5. The number of hydrogen-bond donors (Lipinski definition) is 0. The molecule has 1 aliphatic rings. The molecule has 0 amide bonds. The number of carbonyl (C=O) groups excluding carboxylic acids is 1. The summed E-state index contributed by atoms with van der Waals surface area (Å²) in [6, 6.07) is 20.3. The monoisotopic (exact) mass is 437 g/mol. The molecule has 0 spiro atoms. The van der Waals surface area contributed by atoms with Crippen molar-refractivity contribution in [2.75, 3.05) is 0 Å². The van der Waals surface area contributed by atoms with Gasteiger partial charge in [-0.15, -0.1) is 0 Å². The number of aliphatic imine (C=N–C) groups is 1. The molecule has 0 aromatic heterocycles. The van der Waals surface area contributed by atoms with Crippen LogP contribution in [0.3, 0.4) is 0 Å². The number of cyclic esters (lactones) is 1. The minimum Gasteiger partial charge on any atom is -0.489 e. The number of nitrogens with zero attached hydrogens (tertiary/aromatic N) is 1. The fraction of sp³-hybridized carbons (Fsp3) is 0.0833. The van der Waals surface area contributed by atoms with Crippen molar-refractivity contribution >= 4 is 41.1 Å². The van der Waals surface area contributed by atoms with E-state index in [-0.39, 0.29) is 12.3 Å². The van der Waals surface area contributed by atoms with Crippen molar-refractivity contribution in [3.63, 3.8) is 0 Å². The summed E-state index contributed by atoms with van der Waals surface area (Å²) in [4.78, 5) is 16.6. The Hall–Kier alpha value is -3.08. The van der Waals surface area contributed by atoms with Crippen LogP contribution >= 0.6 is 23.2 Å². The molecule has 6 heteroatoms. The lowest BCUT2D eigenvalue weighted by Crippen LogP contribution is -2.06. The first-order valence-corrected chi connectivity index (χ1v) is 10.0. The van der Waals surface area contributed by atoms with Gasteiger partial charge in [0.1, 0.15) is 12.4 Å². The molecule has 30 heavy (non-hydrogen) atoms. The summed E-state index contributed by atoms with van der Waals surface area (Å²) in [5, 5.41) is 1.12. The predicted octanol–water partition coefficient (Wildman–Crippen LogP) is 6.23. The van der Waals surface area contributed by atoms with Crippen molar-refractivity contribution in [1.29, 1.82) is 0 Å². The second-order valence-corrected chi connectivity index (χ2v) is 7.52. The van der Waals surface area contributed by atoms with Gasteiger partial charge in [0, 0.05) is 21.2 Å². The van der Waals surface area contributed by atoms with Crippen LogP contribution in [-0.4, -0.2) is 11.9 Å². The van der Waals surface area contributed by atoms with Crippen molar-refractivity contribution in [3.8, 4) is 5.75 Å². The number of esters is 1. The van der Waals surface area contributed by atoms with E-state index in [1.54, 1.807) is 24.3 Å². The lowest BCUT2D eigenvalue weighted by atomic mass is 10.1. The molecular weight excluding hydrogens is 421 g/mol. The SMILES string of the molecule is Cc1ccccc1C1=N/C(=C/c2ccc(OCc3c(Cl)cccc3Cl)cc2)C(=O)O1. The van der Waals surface area contributed by atoms with Gasteiger partial charge in [0.2, 0.25) is 5.90 Å². The summed E-state index contributed by atoms with van der Waals surface area (Å²) in [5.41, 5.74) is 3.59. The summed E-state index contributed by atoms with van der Waals surface area (Å²) < 4.78 is 11.1. The van der Waals surface area contributed by atoms with E-state index >= 15 is 0 Å². The Balaban J connectivity index is 1.48. The normalized spacial score (nSPS) is 14.6. The molecule has 0 bridgehead atoms. The zero-order chi connectivity index (χ0) is 21.1. The summed E-state index contributed by atoms with van der Waals surface area (Å²) in [6.45, 7) is 2.21. The first kappa shape index (κ1) is 20.2. The number of ether oxygens (including phenoxy) is 2. The molecule has 4 nitrogen and oxygen atoms in total. The van der Waals surface area contributed by atoms with E-state index in [0.717, 1.165) is 22.3 Å². The summed E-state index contributed by atoms with van der Waals surface area (Å²) in [7, 11) is 0. The molecular formula is C24H17Cl2NO3. The average Bonchev–Trinajstić information content (AvgIpc) is 3.09. The van der Waals surface area contributed by atoms with Gasteiger partial charge in [0.15, 0.2) is 5.70 Å². The molecule has 3 aromatic carbocycles. The Bertz CT molecular complexity index is 1150. The second kappa shape index (κ2) is 8.74. The van der Waals surface area contributed by atoms with Crippen LogP contribution in [0.4, 0.5) is 0 Å². The lowest BCUT2D eigenvalue weighted by molar-refractivity contribution is -0.129. The Labute approximate surface area is 184 Å². The summed E-state index contributed by atoms with van der Waals surface area (Å²) in [6.07, 6.45) is 1.68. The number of rotatable bonds is 5. The Kier molecular flexibility index (Phi) is 5.88. The Morgan fingerprint density at radius 2 is 1.67 bits per heavy atom. The zero-order valence-corrected chi connectivity index (χ0v) is 17.6. The summed E-state index contributed by atoms with van der Waals surface area (Å²) in [5.74, 6) is 0.508. The molecule has 1 aliphatic heterocycles. The molecule has 4 rings (SSSR count). The van der Waals surface area contributed by atoms with Gasteiger partial charge in [-0.3, -0.25) is 0 Å². The molecule has 0 fully saturated rings. The minimum atomic E-state index is -0.470. The topological polar surface area (TPSA) is 47.9 Å². The highest BCUT2D eigenvalue weighted by molar-refractivity contribution is 6.35. The van der Waals surface area contributed by atoms with Crippen LogP contribution in [0, 0.1) is 6.92 Å². The van der Waals surface area contributed by atoms with Crippen molar-refractivity contribution in [3.05, 3.63) is 105 Å². The van der Waals surface area contributed by atoms with Gasteiger partial charge in [-0.05, 0) is 54.5 Å². The van der Waals surface area contributed by atoms with Gasteiger partial charge >= 0.3 is 5.97 Å². The Morgan fingerprint density at radius 1 is 0.967 bits per heavy atom. The van der Waals surface area contributed by atoms with Gasteiger partial charge < -0.3 is 9.47 Å². The standard InChI is InChI=1S/C24H17Cl2NO3/c1-15-5-2-3-6-18(15)23-27-22(24(28)30-23)13-16-9-11-17(12-10-16)29-14-19-20(25)7-4-8-21(19)26/h2-13H,14H2,1H3/b22-13+. The molecule has 0 saturated heterocycles. The van der Waals surface area contributed by atoms with Gasteiger partial charge in [0.25, 0.3) is 0 Å². The third-order valence-electron chi connectivity index (χ3n) is 4.62. The van der Waals surface area contributed by atoms with E-state index in [0.29, 0.717) is 21.7 Å². The van der Waals surface area contributed by atoms with Gasteiger partial charge in [-0.2, -0.15) is 0 Å². The van der Waals surface area contributed by atoms with Gasteiger partial charge in [-0.1, -0.05) is 59.6 Å². The van der Waals surface area contributed by atoms with Crippen LogP contribution in [0.15, 0.2) is 77.4 Å². The molecule has 0 atom stereocenters. The van der Waals surface area contributed by atoms with Crippen LogP contribution in [0.5, 0.6) is 5.75 Å². The molecule has 3 aromatic rings. The number of halogens is 2. The maximum absolute atomic E-state index is 12.2.